The first-order chi connectivity index (χ1) is 13.9. The molecule has 2 amide bonds. The molecule has 0 aliphatic heterocycles. The molecule has 5 nitrogen and oxygen atoms in total. The Kier molecular flexibility index (Phi) is 9.00. The van der Waals surface area contributed by atoms with E-state index in [0.717, 1.165) is 24.0 Å². The van der Waals surface area contributed by atoms with Crippen LogP contribution in [0.15, 0.2) is 48.5 Å². The number of amides is 2. The number of aryl methyl sites for hydroxylation is 1. The van der Waals surface area contributed by atoms with Crippen molar-refractivity contribution in [2.45, 2.75) is 46.2 Å². The van der Waals surface area contributed by atoms with E-state index in [9.17, 15) is 9.59 Å². The zero-order chi connectivity index (χ0) is 21.2. The topological polar surface area (TPSA) is 58.6 Å². The van der Waals surface area contributed by atoms with E-state index in [0.29, 0.717) is 23.9 Å². The number of benzene rings is 2. The highest BCUT2D eigenvalue weighted by Gasteiger charge is 2.26. The Morgan fingerprint density at radius 1 is 1.17 bits per heavy atom. The predicted molar refractivity (Wildman–Crippen MR) is 116 cm³/mol. The Hall–Kier alpha value is -2.53. The molecule has 1 atom stereocenters. The smallest absolute Gasteiger partial charge is 0.261 e. The van der Waals surface area contributed by atoms with Gasteiger partial charge in [0.25, 0.3) is 5.91 Å². The molecule has 0 saturated carbocycles. The number of carbonyl (C=O) groups excluding carboxylic acids is 2. The second kappa shape index (κ2) is 11.5. The number of halogens is 1. The van der Waals surface area contributed by atoms with Gasteiger partial charge in [-0.25, -0.2) is 0 Å². The number of hydrogen-bond acceptors (Lipinski definition) is 3. The van der Waals surface area contributed by atoms with Gasteiger partial charge in [0.2, 0.25) is 5.91 Å². The van der Waals surface area contributed by atoms with Crippen molar-refractivity contribution in [3.8, 4) is 5.75 Å². The minimum Gasteiger partial charge on any atom is -0.484 e. The van der Waals surface area contributed by atoms with E-state index in [1.54, 1.807) is 36.1 Å². The van der Waals surface area contributed by atoms with Crippen LogP contribution in [0.4, 0.5) is 0 Å². The summed E-state index contributed by atoms with van der Waals surface area (Å²) in [5, 5.41) is 3.44. The first-order valence-electron chi connectivity index (χ1n) is 9.91. The van der Waals surface area contributed by atoms with Crippen molar-refractivity contribution in [3.63, 3.8) is 0 Å². The van der Waals surface area contributed by atoms with Crippen LogP contribution in [0.1, 0.15) is 37.8 Å². The minimum atomic E-state index is -0.608. The maximum Gasteiger partial charge on any atom is 0.261 e. The highest BCUT2D eigenvalue weighted by atomic mass is 35.5. The molecule has 2 aromatic rings. The van der Waals surface area contributed by atoms with Gasteiger partial charge >= 0.3 is 0 Å². The third-order valence-corrected chi connectivity index (χ3v) is 4.83. The second-order valence-electron chi connectivity index (χ2n) is 7.08. The first-order valence-corrected chi connectivity index (χ1v) is 10.3. The monoisotopic (exact) mass is 416 g/mol. The summed E-state index contributed by atoms with van der Waals surface area (Å²) >= 11 is 5.97. The Morgan fingerprint density at radius 2 is 1.93 bits per heavy atom. The lowest BCUT2D eigenvalue weighted by Gasteiger charge is -2.29. The van der Waals surface area contributed by atoms with Crippen LogP contribution in [0.25, 0.3) is 0 Å². The van der Waals surface area contributed by atoms with Crippen molar-refractivity contribution >= 4 is 23.4 Å². The fraction of sp³-hybridized carbons (Fsp3) is 0.391. The van der Waals surface area contributed by atoms with Crippen molar-refractivity contribution in [2.75, 3.05) is 13.2 Å². The van der Waals surface area contributed by atoms with Gasteiger partial charge in [0.05, 0.1) is 0 Å². The van der Waals surface area contributed by atoms with E-state index >= 15 is 0 Å². The molecule has 0 saturated heterocycles. The Bertz CT molecular complexity index is 825. The van der Waals surface area contributed by atoms with E-state index in [1.165, 1.54) is 0 Å². The summed E-state index contributed by atoms with van der Waals surface area (Å²) in [4.78, 5) is 27.1. The van der Waals surface area contributed by atoms with Gasteiger partial charge in [-0.1, -0.05) is 60.8 Å². The highest BCUT2D eigenvalue weighted by Crippen LogP contribution is 2.18. The molecule has 6 heteroatoms. The second-order valence-corrected chi connectivity index (χ2v) is 7.51. The molecular formula is C23H29ClN2O3. The predicted octanol–water partition coefficient (Wildman–Crippen LogP) is 4.36. The normalized spacial score (nSPS) is 11.6. The molecule has 0 aliphatic rings. The van der Waals surface area contributed by atoms with Crippen LogP contribution in [0.5, 0.6) is 5.75 Å². The summed E-state index contributed by atoms with van der Waals surface area (Å²) in [7, 11) is 0. The van der Waals surface area contributed by atoms with E-state index < -0.39 is 6.04 Å². The molecule has 0 aromatic heterocycles. The van der Waals surface area contributed by atoms with Gasteiger partial charge in [0.1, 0.15) is 11.8 Å². The average Bonchev–Trinajstić information content (AvgIpc) is 2.70. The SMILES string of the molecule is CCCCNC(=O)[C@H](C)N(Cc1cccc(C)c1)C(=O)COc1cccc(Cl)c1. The largest absolute Gasteiger partial charge is 0.484 e. The Morgan fingerprint density at radius 3 is 2.62 bits per heavy atom. The number of hydrogen-bond donors (Lipinski definition) is 1. The maximum atomic E-state index is 13.0. The van der Waals surface area contributed by atoms with Gasteiger partial charge in [-0.05, 0) is 44.0 Å². The number of nitrogens with one attached hydrogen (secondary N) is 1. The molecule has 0 radical (unpaired) electrons. The van der Waals surface area contributed by atoms with Crippen LogP contribution in [-0.4, -0.2) is 35.9 Å². The standard InChI is InChI=1S/C23H29ClN2O3/c1-4-5-12-25-23(28)18(3)26(15-19-9-6-8-17(2)13-19)22(27)16-29-21-11-7-10-20(24)14-21/h6-11,13-14,18H,4-5,12,15-16H2,1-3H3,(H,25,28)/t18-/m0/s1. The van der Waals surface area contributed by atoms with Gasteiger partial charge in [-0.3, -0.25) is 9.59 Å². The first kappa shape index (κ1) is 22.8. The molecule has 0 spiro atoms. The molecule has 2 aromatic carbocycles. The van der Waals surface area contributed by atoms with Crippen LogP contribution in [-0.2, 0) is 16.1 Å². The molecular weight excluding hydrogens is 388 g/mol. The molecule has 0 heterocycles. The summed E-state index contributed by atoms with van der Waals surface area (Å²) in [5.41, 5.74) is 2.07. The van der Waals surface area contributed by atoms with E-state index in [1.807, 2.05) is 31.2 Å². The van der Waals surface area contributed by atoms with Crippen molar-refractivity contribution < 1.29 is 14.3 Å². The van der Waals surface area contributed by atoms with Crippen molar-refractivity contribution in [2.24, 2.45) is 0 Å². The van der Waals surface area contributed by atoms with Crippen LogP contribution >= 0.6 is 11.6 Å². The fourth-order valence-corrected chi connectivity index (χ4v) is 3.09. The summed E-state index contributed by atoms with van der Waals surface area (Å²) in [6.07, 6.45) is 1.90. The Balaban J connectivity index is 2.11. The van der Waals surface area contributed by atoms with Crippen LogP contribution in [0, 0.1) is 6.92 Å². The van der Waals surface area contributed by atoms with Gasteiger partial charge in [-0.2, -0.15) is 0 Å². The van der Waals surface area contributed by atoms with Crippen molar-refractivity contribution in [1.29, 1.82) is 0 Å². The third-order valence-electron chi connectivity index (χ3n) is 4.59. The molecule has 0 bridgehead atoms. The van der Waals surface area contributed by atoms with Crippen LogP contribution in [0.3, 0.4) is 0 Å². The average molecular weight is 417 g/mol. The zero-order valence-corrected chi connectivity index (χ0v) is 18.0. The molecule has 29 heavy (non-hydrogen) atoms. The van der Waals surface area contributed by atoms with Gasteiger partial charge in [-0.15, -0.1) is 0 Å². The van der Waals surface area contributed by atoms with Crippen LogP contribution in [0.2, 0.25) is 5.02 Å². The van der Waals surface area contributed by atoms with E-state index in [4.69, 9.17) is 16.3 Å². The fourth-order valence-electron chi connectivity index (χ4n) is 2.91. The summed E-state index contributed by atoms with van der Waals surface area (Å²) in [6, 6.07) is 14.2. The lowest BCUT2D eigenvalue weighted by molar-refractivity contribution is -0.142. The molecule has 2 rings (SSSR count). The Labute approximate surface area is 178 Å². The zero-order valence-electron chi connectivity index (χ0n) is 17.3. The maximum absolute atomic E-state index is 13.0. The molecule has 0 aliphatic carbocycles. The summed E-state index contributed by atoms with van der Waals surface area (Å²) in [5.74, 6) is 0.0910. The van der Waals surface area contributed by atoms with Gasteiger partial charge in [0, 0.05) is 18.1 Å². The number of nitrogens with zero attached hydrogens (tertiary/aromatic N) is 1. The van der Waals surface area contributed by atoms with Gasteiger partial charge in [0.15, 0.2) is 6.61 Å². The van der Waals surface area contributed by atoms with E-state index in [2.05, 4.69) is 12.2 Å². The summed E-state index contributed by atoms with van der Waals surface area (Å²) < 4.78 is 5.61. The molecule has 0 fully saturated rings. The molecule has 1 N–H and O–H groups in total. The quantitative estimate of drug-likeness (QED) is 0.585. The van der Waals surface area contributed by atoms with E-state index in [-0.39, 0.29) is 18.4 Å². The van der Waals surface area contributed by atoms with Gasteiger partial charge < -0.3 is 15.0 Å². The number of rotatable bonds is 10. The lowest BCUT2D eigenvalue weighted by atomic mass is 10.1. The number of carbonyl (C=O) groups is 2. The van der Waals surface area contributed by atoms with Crippen molar-refractivity contribution in [1.82, 2.24) is 10.2 Å². The minimum absolute atomic E-state index is 0.165. The third kappa shape index (κ3) is 7.42. The number of ether oxygens (including phenoxy) is 1. The lowest BCUT2D eigenvalue weighted by Crippen LogP contribution is -2.49. The highest BCUT2D eigenvalue weighted by molar-refractivity contribution is 6.30. The summed E-state index contributed by atoms with van der Waals surface area (Å²) in [6.45, 7) is 6.58. The van der Waals surface area contributed by atoms with Crippen LogP contribution < -0.4 is 10.1 Å². The molecule has 0 unspecified atom stereocenters. The number of unbranched alkanes of at least 4 members (excludes halogenated alkanes) is 1. The molecule has 156 valence electrons. The van der Waals surface area contributed by atoms with Crippen molar-refractivity contribution in [3.05, 3.63) is 64.7 Å².